The number of benzene rings is 3. The van der Waals surface area contributed by atoms with Crippen molar-refractivity contribution < 1.29 is 17.6 Å². The topological polar surface area (TPSA) is 88.4 Å². The van der Waals surface area contributed by atoms with Crippen LogP contribution in [0.2, 0.25) is 5.02 Å². The normalized spacial score (nSPS) is 11.6. The molecule has 4 aromatic rings. The Morgan fingerprint density at radius 2 is 1.64 bits per heavy atom. The molecule has 2 N–H and O–H groups in total. The molecule has 1 aromatic heterocycles. The Hall–Kier alpha value is -3.03. The lowest BCUT2D eigenvalue weighted by molar-refractivity contribution is 0.102. The Kier molecular flexibility index (Phi) is 4.49. The van der Waals surface area contributed by atoms with Crippen LogP contribution in [0.5, 0.6) is 0 Å². The monoisotopic (exact) mass is 414 g/mol. The quantitative estimate of drug-likeness (QED) is 0.499. The predicted molar refractivity (Wildman–Crippen MR) is 112 cm³/mol. The lowest BCUT2D eigenvalue weighted by Crippen LogP contribution is -2.13. The molecule has 0 unspecified atom stereocenters. The van der Waals surface area contributed by atoms with Gasteiger partial charge in [-0.2, -0.15) is 0 Å². The number of carbonyl (C=O) groups is 1. The number of para-hydroxylation sites is 1. The van der Waals surface area contributed by atoms with Crippen molar-refractivity contribution in [1.29, 1.82) is 0 Å². The minimum Gasteiger partial charge on any atom is -0.456 e. The Morgan fingerprint density at radius 1 is 0.929 bits per heavy atom. The van der Waals surface area contributed by atoms with Crippen molar-refractivity contribution in [2.24, 2.45) is 0 Å². The number of hydrogen-bond donors (Lipinski definition) is 2. The fourth-order valence-corrected chi connectivity index (χ4v) is 3.80. The molecule has 4 rings (SSSR count). The van der Waals surface area contributed by atoms with Crippen LogP contribution in [0, 0.1) is 0 Å². The third-order valence-corrected chi connectivity index (χ3v) is 5.07. The van der Waals surface area contributed by atoms with E-state index in [1.165, 1.54) is 18.2 Å². The van der Waals surface area contributed by atoms with Crippen molar-refractivity contribution in [2.75, 3.05) is 16.3 Å². The zero-order chi connectivity index (χ0) is 19.9. The lowest BCUT2D eigenvalue weighted by atomic mass is 10.1. The average molecular weight is 415 g/mol. The maximum atomic E-state index is 12.6. The molecule has 0 aliphatic carbocycles. The van der Waals surface area contributed by atoms with Crippen LogP contribution < -0.4 is 10.0 Å². The minimum absolute atomic E-state index is 0.135. The molecule has 8 heteroatoms. The van der Waals surface area contributed by atoms with Crippen LogP contribution in [0.3, 0.4) is 0 Å². The standard InChI is InChI=1S/C20H15ClN2O4S/c1-28(25,26)23-13-7-9-16(17(21)10-13)20(24)22-12-6-8-15-14-4-2-3-5-18(14)27-19(15)11-12/h2-11,23H,1H3,(H,22,24). The van der Waals surface area contributed by atoms with Gasteiger partial charge in [-0.05, 0) is 36.4 Å². The number of nitrogens with one attached hydrogen (secondary N) is 2. The summed E-state index contributed by atoms with van der Waals surface area (Å²) in [6.07, 6.45) is 1.04. The van der Waals surface area contributed by atoms with Gasteiger partial charge in [0.1, 0.15) is 11.2 Å². The second kappa shape index (κ2) is 6.85. The average Bonchev–Trinajstić information content (AvgIpc) is 2.98. The summed E-state index contributed by atoms with van der Waals surface area (Å²) in [5.74, 6) is -0.411. The molecule has 0 fully saturated rings. The molecular formula is C20H15ClN2O4S. The van der Waals surface area contributed by atoms with Gasteiger partial charge >= 0.3 is 0 Å². The third kappa shape index (κ3) is 3.67. The molecular weight excluding hydrogens is 400 g/mol. The van der Waals surface area contributed by atoms with E-state index in [0.717, 1.165) is 22.6 Å². The first-order valence-corrected chi connectivity index (χ1v) is 10.6. The number of fused-ring (bicyclic) bond motifs is 3. The highest BCUT2D eigenvalue weighted by atomic mass is 35.5. The van der Waals surface area contributed by atoms with Crippen molar-refractivity contribution in [3.8, 4) is 0 Å². The van der Waals surface area contributed by atoms with E-state index in [9.17, 15) is 13.2 Å². The maximum absolute atomic E-state index is 12.6. The first kappa shape index (κ1) is 18.3. The maximum Gasteiger partial charge on any atom is 0.257 e. The first-order valence-electron chi connectivity index (χ1n) is 8.30. The summed E-state index contributed by atoms with van der Waals surface area (Å²) in [5, 5.41) is 4.88. The van der Waals surface area contributed by atoms with Gasteiger partial charge in [-0.25, -0.2) is 8.42 Å². The smallest absolute Gasteiger partial charge is 0.257 e. The summed E-state index contributed by atoms with van der Waals surface area (Å²) >= 11 is 6.15. The first-order chi connectivity index (χ1) is 13.3. The van der Waals surface area contributed by atoms with E-state index < -0.39 is 15.9 Å². The largest absolute Gasteiger partial charge is 0.456 e. The molecule has 1 amide bonds. The molecule has 0 radical (unpaired) electrons. The Balaban J connectivity index is 1.60. The van der Waals surface area contributed by atoms with Gasteiger partial charge in [0.2, 0.25) is 10.0 Å². The second-order valence-corrected chi connectivity index (χ2v) is 8.49. The Bertz CT molecular complexity index is 1330. The van der Waals surface area contributed by atoms with Crippen molar-refractivity contribution in [1.82, 2.24) is 0 Å². The number of carbonyl (C=O) groups excluding carboxylic acids is 1. The fourth-order valence-electron chi connectivity index (χ4n) is 2.98. The van der Waals surface area contributed by atoms with Crippen molar-refractivity contribution in [3.05, 3.63) is 71.2 Å². The van der Waals surface area contributed by atoms with E-state index in [1.54, 1.807) is 12.1 Å². The zero-order valence-electron chi connectivity index (χ0n) is 14.7. The SMILES string of the molecule is CS(=O)(=O)Nc1ccc(C(=O)Nc2ccc3c(c2)oc2ccccc23)c(Cl)c1. The van der Waals surface area contributed by atoms with E-state index in [1.807, 2.05) is 30.3 Å². The summed E-state index contributed by atoms with van der Waals surface area (Å²) < 4.78 is 30.7. The molecule has 0 aliphatic rings. The predicted octanol–water partition coefficient (Wildman–Crippen LogP) is 4.86. The summed E-state index contributed by atoms with van der Waals surface area (Å²) in [4.78, 5) is 12.6. The lowest BCUT2D eigenvalue weighted by Gasteiger charge is -2.09. The molecule has 1 heterocycles. The minimum atomic E-state index is -3.43. The van der Waals surface area contributed by atoms with E-state index in [2.05, 4.69) is 10.0 Å². The van der Waals surface area contributed by atoms with Crippen LogP contribution in [-0.4, -0.2) is 20.6 Å². The Labute approximate surface area is 166 Å². The third-order valence-electron chi connectivity index (χ3n) is 4.15. The molecule has 142 valence electrons. The molecule has 0 spiro atoms. The van der Waals surface area contributed by atoms with Crippen molar-refractivity contribution >= 4 is 60.8 Å². The highest BCUT2D eigenvalue weighted by Crippen LogP contribution is 2.30. The van der Waals surface area contributed by atoms with Gasteiger partial charge in [0.15, 0.2) is 0 Å². The second-order valence-electron chi connectivity index (χ2n) is 6.33. The van der Waals surface area contributed by atoms with Crippen LogP contribution in [0.15, 0.2) is 65.1 Å². The highest BCUT2D eigenvalue weighted by Gasteiger charge is 2.14. The van der Waals surface area contributed by atoms with E-state index >= 15 is 0 Å². The molecule has 0 aliphatic heterocycles. The number of sulfonamides is 1. The van der Waals surface area contributed by atoms with Crippen LogP contribution in [0.25, 0.3) is 21.9 Å². The van der Waals surface area contributed by atoms with Gasteiger partial charge in [0.25, 0.3) is 5.91 Å². The summed E-state index contributed by atoms with van der Waals surface area (Å²) in [6.45, 7) is 0. The molecule has 0 bridgehead atoms. The summed E-state index contributed by atoms with van der Waals surface area (Å²) in [5.41, 5.74) is 2.51. The molecule has 6 nitrogen and oxygen atoms in total. The van der Waals surface area contributed by atoms with Crippen LogP contribution in [0.4, 0.5) is 11.4 Å². The van der Waals surface area contributed by atoms with Gasteiger partial charge < -0.3 is 9.73 Å². The fraction of sp³-hybridized carbons (Fsp3) is 0.0500. The number of rotatable bonds is 4. The van der Waals surface area contributed by atoms with Crippen molar-refractivity contribution in [3.63, 3.8) is 0 Å². The van der Waals surface area contributed by atoms with Crippen LogP contribution in [-0.2, 0) is 10.0 Å². The zero-order valence-corrected chi connectivity index (χ0v) is 16.3. The summed E-state index contributed by atoms with van der Waals surface area (Å²) in [7, 11) is -3.43. The highest BCUT2D eigenvalue weighted by molar-refractivity contribution is 7.92. The van der Waals surface area contributed by atoms with Gasteiger partial charge in [-0.3, -0.25) is 9.52 Å². The van der Waals surface area contributed by atoms with E-state index in [4.69, 9.17) is 16.0 Å². The molecule has 0 atom stereocenters. The Morgan fingerprint density at radius 3 is 2.39 bits per heavy atom. The number of amides is 1. The van der Waals surface area contributed by atoms with Crippen LogP contribution in [0.1, 0.15) is 10.4 Å². The van der Waals surface area contributed by atoms with E-state index in [0.29, 0.717) is 11.3 Å². The molecule has 0 saturated carbocycles. The van der Waals surface area contributed by atoms with Gasteiger partial charge in [-0.15, -0.1) is 0 Å². The van der Waals surface area contributed by atoms with Gasteiger partial charge in [0.05, 0.1) is 16.8 Å². The number of furan rings is 1. The van der Waals surface area contributed by atoms with Crippen LogP contribution >= 0.6 is 11.6 Å². The van der Waals surface area contributed by atoms with E-state index in [-0.39, 0.29) is 16.3 Å². The number of halogens is 1. The van der Waals surface area contributed by atoms with Gasteiger partial charge in [-0.1, -0.05) is 29.8 Å². The summed E-state index contributed by atoms with van der Waals surface area (Å²) in [6, 6.07) is 17.5. The molecule has 0 saturated heterocycles. The van der Waals surface area contributed by atoms with Crippen molar-refractivity contribution in [2.45, 2.75) is 0 Å². The number of anilines is 2. The molecule has 3 aromatic carbocycles. The molecule has 28 heavy (non-hydrogen) atoms. The van der Waals surface area contributed by atoms with Gasteiger partial charge in [0, 0.05) is 28.2 Å². The number of hydrogen-bond acceptors (Lipinski definition) is 4.